The van der Waals surface area contributed by atoms with E-state index in [1.54, 1.807) is 6.07 Å². The Balaban J connectivity index is 1.25. The molecular formula is C21H19F3N4O3. The number of aromatic nitrogens is 3. The van der Waals surface area contributed by atoms with Crippen molar-refractivity contribution in [3.05, 3.63) is 66.1 Å². The Kier molecular flexibility index (Phi) is 5.73. The first-order valence-corrected chi connectivity index (χ1v) is 9.68. The van der Waals surface area contributed by atoms with Crippen LogP contribution in [-0.4, -0.2) is 33.6 Å². The number of halogens is 3. The van der Waals surface area contributed by atoms with Gasteiger partial charge in [0.25, 0.3) is 5.91 Å². The number of pyridine rings is 1. The molecule has 1 fully saturated rings. The fourth-order valence-corrected chi connectivity index (χ4v) is 3.32. The van der Waals surface area contributed by atoms with Gasteiger partial charge in [-0.2, -0.15) is 0 Å². The van der Waals surface area contributed by atoms with Gasteiger partial charge in [-0.25, -0.2) is 4.98 Å². The molecule has 7 nitrogen and oxygen atoms in total. The highest BCUT2D eigenvalue weighted by Crippen LogP contribution is 2.40. The van der Waals surface area contributed by atoms with E-state index in [9.17, 15) is 18.0 Å². The first-order chi connectivity index (χ1) is 14.8. The van der Waals surface area contributed by atoms with Crippen LogP contribution in [0.25, 0.3) is 10.9 Å². The summed E-state index contributed by atoms with van der Waals surface area (Å²) in [7, 11) is 0. The van der Waals surface area contributed by atoms with Gasteiger partial charge in [-0.05, 0) is 31.4 Å². The van der Waals surface area contributed by atoms with Crippen molar-refractivity contribution in [3.63, 3.8) is 0 Å². The van der Waals surface area contributed by atoms with Crippen LogP contribution >= 0.6 is 0 Å². The number of carbonyl (C=O) groups is 1. The zero-order valence-electron chi connectivity index (χ0n) is 16.4. The number of para-hydroxylation sites is 1. The summed E-state index contributed by atoms with van der Waals surface area (Å²) in [5.41, 5.74) is 1.46. The van der Waals surface area contributed by atoms with Crippen molar-refractivity contribution in [3.8, 4) is 0 Å². The van der Waals surface area contributed by atoms with Crippen LogP contribution in [-0.2, 0) is 11.2 Å². The maximum absolute atomic E-state index is 12.4. The Morgan fingerprint density at radius 3 is 2.74 bits per heavy atom. The van der Waals surface area contributed by atoms with E-state index in [0.29, 0.717) is 30.3 Å². The van der Waals surface area contributed by atoms with Crippen molar-refractivity contribution in [1.29, 1.82) is 0 Å². The first-order valence-electron chi connectivity index (χ1n) is 9.68. The zero-order chi connectivity index (χ0) is 22.0. The van der Waals surface area contributed by atoms with E-state index < -0.39 is 12.5 Å². The molecule has 2 aromatic heterocycles. The summed E-state index contributed by atoms with van der Waals surface area (Å²) in [6.07, 6.45) is -4.44. The smallest absolute Gasteiger partial charge is 0.425 e. The van der Waals surface area contributed by atoms with Gasteiger partial charge in [0.2, 0.25) is 11.8 Å². The molecule has 0 radical (unpaired) electrons. The maximum atomic E-state index is 12.4. The summed E-state index contributed by atoms with van der Waals surface area (Å²) < 4.78 is 46.1. The van der Waals surface area contributed by atoms with E-state index in [1.807, 2.05) is 30.3 Å². The number of benzene rings is 1. The molecule has 1 saturated carbocycles. The number of nitrogens with one attached hydrogen (secondary N) is 1. The Labute approximate surface area is 175 Å². The third-order valence-electron chi connectivity index (χ3n) is 4.99. The zero-order valence-corrected chi connectivity index (χ0v) is 16.4. The molecule has 1 amide bonds. The van der Waals surface area contributed by atoms with Crippen LogP contribution in [0, 0.1) is 0 Å². The van der Waals surface area contributed by atoms with E-state index in [4.69, 9.17) is 4.42 Å². The van der Waals surface area contributed by atoms with Gasteiger partial charge in [0, 0.05) is 23.4 Å². The quantitative estimate of drug-likeness (QED) is 0.600. The van der Waals surface area contributed by atoms with Crippen molar-refractivity contribution in [1.82, 2.24) is 20.5 Å². The molecule has 1 aliphatic carbocycles. The monoisotopic (exact) mass is 432 g/mol. The fraction of sp³-hybridized carbons (Fsp3) is 0.333. The SMILES string of the molecule is C=C(CCc1nnc(C2CC(OC(F)(F)F)C2)o1)NC(=O)c1ccc2ccccc2n1. The topological polar surface area (TPSA) is 90.1 Å². The van der Waals surface area contributed by atoms with Gasteiger partial charge in [-0.3, -0.25) is 9.53 Å². The van der Waals surface area contributed by atoms with Crippen molar-refractivity contribution in [2.24, 2.45) is 0 Å². The van der Waals surface area contributed by atoms with Crippen LogP contribution in [0.3, 0.4) is 0 Å². The number of alkyl halides is 3. The second-order valence-electron chi connectivity index (χ2n) is 7.33. The number of allylic oxidation sites excluding steroid dienone is 1. The van der Waals surface area contributed by atoms with Crippen LogP contribution < -0.4 is 5.32 Å². The number of rotatable bonds is 7. The molecule has 2 heterocycles. The number of aryl methyl sites for hydroxylation is 1. The average molecular weight is 432 g/mol. The van der Waals surface area contributed by atoms with E-state index in [0.717, 1.165) is 10.9 Å². The lowest BCUT2D eigenvalue weighted by Crippen LogP contribution is -2.34. The third kappa shape index (κ3) is 5.26. The van der Waals surface area contributed by atoms with Crippen molar-refractivity contribution >= 4 is 16.8 Å². The molecule has 0 saturated heterocycles. The average Bonchev–Trinajstić information content (AvgIpc) is 3.16. The number of amides is 1. The molecule has 1 aliphatic rings. The Hall–Kier alpha value is -3.27. The minimum Gasteiger partial charge on any atom is -0.425 e. The van der Waals surface area contributed by atoms with Gasteiger partial charge in [-0.15, -0.1) is 23.4 Å². The number of carbonyl (C=O) groups excluding carboxylic acids is 1. The molecule has 4 rings (SSSR count). The molecular weight excluding hydrogens is 413 g/mol. The van der Waals surface area contributed by atoms with Crippen molar-refractivity contribution in [2.45, 2.75) is 44.1 Å². The lowest BCUT2D eigenvalue weighted by molar-refractivity contribution is -0.352. The van der Waals surface area contributed by atoms with E-state index >= 15 is 0 Å². The molecule has 1 aromatic carbocycles. The predicted molar refractivity (Wildman–Crippen MR) is 104 cm³/mol. The van der Waals surface area contributed by atoms with Crippen molar-refractivity contribution < 1.29 is 27.1 Å². The largest absolute Gasteiger partial charge is 0.522 e. The Morgan fingerprint density at radius 1 is 1.19 bits per heavy atom. The number of hydrogen-bond acceptors (Lipinski definition) is 6. The highest BCUT2D eigenvalue weighted by molar-refractivity contribution is 5.95. The number of nitrogens with zero attached hydrogens (tertiary/aromatic N) is 3. The summed E-state index contributed by atoms with van der Waals surface area (Å²) >= 11 is 0. The normalized spacial score (nSPS) is 18.5. The summed E-state index contributed by atoms with van der Waals surface area (Å²) in [6.45, 7) is 3.84. The van der Waals surface area contributed by atoms with Gasteiger partial charge in [0.05, 0.1) is 11.6 Å². The van der Waals surface area contributed by atoms with Gasteiger partial charge in [0.15, 0.2) is 0 Å². The van der Waals surface area contributed by atoms with Crippen molar-refractivity contribution in [2.75, 3.05) is 0 Å². The van der Waals surface area contributed by atoms with E-state index in [2.05, 4.69) is 31.8 Å². The molecule has 0 bridgehead atoms. The van der Waals surface area contributed by atoms with Crippen LogP contribution in [0.1, 0.15) is 47.5 Å². The highest BCUT2D eigenvalue weighted by atomic mass is 19.4. The number of fused-ring (bicyclic) bond motifs is 1. The lowest BCUT2D eigenvalue weighted by Gasteiger charge is -2.32. The molecule has 10 heteroatoms. The van der Waals surface area contributed by atoms with Gasteiger partial charge >= 0.3 is 6.36 Å². The standard InChI is InChI=1S/C21H19F3N4O3/c1-12(25-19(29)17-8-7-13-4-2-3-5-16(13)26-17)6-9-18-27-28-20(30-18)14-10-15(11-14)31-21(22,23)24/h2-5,7-8,14-15H,1,6,9-11H2,(H,25,29). The molecule has 0 spiro atoms. The number of ether oxygens (including phenoxy) is 1. The highest BCUT2D eigenvalue weighted by Gasteiger charge is 2.42. The molecule has 0 aliphatic heterocycles. The molecule has 0 atom stereocenters. The summed E-state index contributed by atoms with van der Waals surface area (Å²) in [5.74, 6) is 0.0177. The molecule has 3 aromatic rings. The second kappa shape index (κ2) is 8.46. The minimum atomic E-state index is -4.64. The van der Waals surface area contributed by atoms with Gasteiger partial charge in [-0.1, -0.05) is 30.8 Å². The predicted octanol–water partition coefficient (Wildman–Crippen LogP) is 4.28. The van der Waals surface area contributed by atoms with Crippen LogP contribution in [0.15, 0.2) is 53.1 Å². The third-order valence-corrected chi connectivity index (χ3v) is 4.99. The number of hydrogen-bond donors (Lipinski definition) is 1. The summed E-state index contributed by atoms with van der Waals surface area (Å²) in [4.78, 5) is 16.7. The fourth-order valence-electron chi connectivity index (χ4n) is 3.32. The first kappa shape index (κ1) is 21.0. The molecule has 162 valence electrons. The molecule has 1 N–H and O–H groups in total. The Bertz CT molecular complexity index is 1110. The summed E-state index contributed by atoms with van der Waals surface area (Å²) in [6, 6.07) is 11.0. The summed E-state index contributed by atoms with van der Waals surface area (Å²) in [5, 5.41) is 11.5. The van der Waals surface area contributed by atoms with Crippen LogP contribution in [0.2, 0.25) is 0 Å². The minimum absolute atomic E-state index is 0.183. The molecule has 31 heavy (non-hydrogen) atoms. The van der Waals surface area contributed by atoms with Crippen LogP contribution in [0.4, 0.5) is 13.2 Å². The van der Waals surface area contributed by atoms with Gasteiger partial charge < -0.3 is 9.73 Å². The van der Waals surface area contributed by atoms with Gasteiger partial charge in [0.1, 0.15) is 5.69 Å². The van der Waals surface area contributed by atoms with E-state index in [-0.39, 0.29) is 30.4 Å². The maximum Gasteiger partial charge on any atom is 0.522 e. The molecule has 0 unspecified atom stereocenters. The Morgan fingerprint density at radius 2 is 1.97 bits per heavy atom. The lowest BCUT2D eigenvalue weighted by atomic mass is 9.82. The van der Waals surface area contributed by atoms with Crippen LogP contribution in [0.5, 0.6) is 0 Å². The second-order valence-corrected chi connectivity index (χ2v) is 7.33. The van der Waals surface area contributed by atoms with E-state index in [1.165, 1.54) is 0 Å².